The number of amides is 1. The number of nitrogens with two attached hydrogens (primary N) is 1. The lowest BCUT2D eigenvalue weighted by Gasteiger charge is -2.31. The van der Waals surface area contributed by atoms with Crippen molar-refractivity contribution in [2.75, 3.05) is 38.6 Å². The molecule has 2 aromatic carbocycles. The zero-order chi connectivity index (χ0) is 17.6. The lowest BCUT2D eigenvalue weighted by molar-refractivity contribution is 0.0332. The zero-order valence-corrected chi connectivity index (χ0v) is 17.0. The third-order valence-corrected chi connectivity index (χ3v) is 4.56. The Kier molecular flexibility index (Phi) is 9.60. The van der Waals surface area contributed by atoms with Crippen molar-refractivity contribution >= 4 is 36.4 Å². The molecule has 1 atom stereocenters. The summed E-state index contributed by atoms with van der Waals surface area (Å²) >= 11 is 0. The molecule has 1 aliphatic heterocycles. The van der Waals surface area contributed by atoms with Crippen molar-refractivity contribution < 1.29 is 9.53 Å². The van der Waals surface area contributed by atoms with Gasteiger partial charge in [0.05, 0.1) is 19.3 Å². The Bertz CT molecular complexity index is 722. The second kappa shape index (κ2) is 11.1. The van der Waals surface area contributed by atoms with Gasteiger partial charge >= 0.3 is 0 Å². The van der Waals surface area contributed by atoms with Crippen LogP contribution in [0.15, 0.2) is 48.5 Å². The average molecular weight is 412 g/mol. The normalized spacial score (nSPS) is 15.1. The quantitative estimate of drug-likeness (QED) is 0.741. The van der Waals surface area contributed by atoms with E-state index in [0.717, 1.165) is 44.0 Å². The van der Waals surface area contributed by atoms with Crippen molar-refractivity contribution in [3.63, 3.8) is 0 Å². The van der Waals surface area contributed by atoms with Crippen LogP contribution < -0.4 is 11.1 Å². The fourth-order valence-corrected chi connectivity index (χ4v) is 3.08. The molecule has 148 valence electrons. The van der Waals surface area contributed by atoms with Gasteiger partial charge in [0.2, 0.25) is 0 Å². The Labute approximate surface area is 173 Å². The second-order valence-electron chi connectivity index (χ2n) is 6.42. The molecule has 1 heterocycles. The van der Waals surface area contributed by atoms with Gasteiger partial charge in [0.1, 0.15) is 0 Å². The summed E-state index contributed by atoms with van der Waals surface area (Å²) < 4.78 is 5.42. The lowest BCUT2D eigenvalue weighted by atomic mass is 10.0. The monoisotopic (exact) mass is 411 g/mol. The van der Waals surface area contributed by atoms with Gasteiger partial charge < -0.3 is 15.8 Å². The number of aryl methyl sites for hydroxylation is 1. The van der Waals surface area contributed by atoms with Crippen molar-refractivity contribution in [2.24, 2.45) is 0 Å². The lowest BCUT2D eigenvalue weighted by Crippen LogP contribution is -2.43. The van der Waals surface area contributed by atoms with Crippen LogP contribution in [0.25, 0.3) is 0 Å². The number of anilines is 1. The predicted molar refractivity (Wildman–Crippen MR) is 114 cm³/mol. The molecule has 1 unspecified atom stereocenters. The van der Waals surface area contributed by atoms with Crippen molar-refractivity contribution in [1.82, 2.24) is 10.2 Å². The topological polar surface area (TPSA) is 67.6 Å². The molecular weight excluding hydrogens is 385 g/mol. The minimum Gasteiger partial charge on any atom is -0.399 e. The molecule has 3 N–H and O–H groups in total. The highest BCUT2D eigenvalue weighted by Gasteiger charge is 2.21. The van der Waals surface area contributed by atoms with E-state index < -0.39 is 0 Å². The van der Waals surface area contributed by atoms with Gasteiger partial charge in [0.15, 0.2) is 0 Å². The Hall–Kier alpha value is -1.79. The van der Waals surface area contributed by atoms with E-state index in [-0.39, 0.29) is 36.8 Å². The number of nitrogens with one attached hydrogen (secondary N) is 1. The number of benzene rings is 2. The number of nitrogen functional groups attached to an aromatic ring is 1. The standard InChI is InChI=1S/C20H25N3O2.2ClH/c1-15-7-8-17(21)13-18(15)20(24)22-19(16-5-3-2-4-6-16)14-23-9-11-25-12-10-23;;/h2-8,13,19H,9-12,14,21H2,1H3,(H,22,24);2*1H. The van der Waals surface area contributed by atoms with Gasteiger partial charge in [-0.3, -0.25) is 9.69 Å². The number of carbonyl (C=O) groups is 1. The summed E-state index contributed by atoms with van der Waals surface area (Å²) in [5, 5.41) is 3.19. The number of ether oxygens (including phenoxy) is 1. The fourth-order valence-electron chi connectivity index (χ4n) is 3.08. The van der Waals surface area contributed by atoms with Crippen LogP contribution in [0.5, 0.6) is 0 Å². The molecule has 0 radical (unpaired) electrons. The van der Waals surface area contributed by atoms with E-state index >= 15 is 0 Å². The van der Waals surface area contributed by atoms with Crippen LogP contribution in [0.1, 0.15) is 27.5 Å². The van der Waals surface area contributed by atoms with Crippen LogP contribution in [-0.4, -0.2) is 43.7 Å². The number of carbonyl (C=O) groups excluding carboxylic acids is 1. The third-order valence-electron chi connectivity index (χ3n) is 4.56. The summed E-state index contributed by atoms with van der Waals surface area (Å²) in [5.74, 6) is -0.0908. The van der Waals surface area contributed by atoms with Crippen LogP contribution in [0.3, 0.4) is 0 Å². The maximum absolute atomic E-state index is 12.8. The van der Waals surface area contributed by atoms with Gasteiger partial charge in [-0.2, -0.15) is 0 Å². The van der Waals surface area contributed by atoms with Crippen LogP contribution in [-0.2, 0) is 4.74 Å². The molecule has 1 saturated heterocycles. The first-order valence-electron chi connectivity index (χ1n) is 8.65. The smallest absolute Gasteiger partial charge is 0.252 e. The molecule has 0 bridgehead atoms. The summed E-state index contributed by atoms with van der Waals surface area (Å²) in [6.07, 6.45) is 0. The fraction of sp³-hybridized carbons (Fsp3) is 0.350. The maximum atomic E-state index is 12.8. The number of halogens is 2. The van der Waals surface area contributed by atoms with Crippen molar-refractivity contribution in [3.8, 4) is 0 Å². The Morgan fingerprint density at radius 3 is 2.48 bits per heavy atom. The van der Waals surface area contributed by atoms with Gasteiger partial charge in [0.25, 0.3) is 5.91 Å². The first kappa shape index (κ1) is 23.2. The highest BCUT2D eigenvalue weighted by molar-refractivity contribution is 5.96. The third kappa shape index (κ3) is 6.40. The van der Waals surface area contributed by atoms with Gasteiger partial charge in [-0.15, -0.1) is 24.8 Å². The van der Waals surface area contributed by atoms with Crippen LogP contribution >= 0.6 is 24.8 Å². The number of hydrogen-bond donors (Lipinski definition) is 2. The molecular formula is C20H27Cl2N3O2. The van der Waals surface area contributed by atoms with E-state index in [1.54, 1.807) is 6.07 Å². The van der Waals surface area contributed by atoms with Crippen molar-refractivity contribution in [1.29, 1.82) is 0 Å². The van der Waals surface area contributed by atoms with E-state index in [4.69, 9.17) is 10.5 Å². The minimum absolute atomic E-state index is 0. The molecule has 3 rings (SSSR count). The van der Waals surface area contributed by atoms with Gasteiger partial charge in [0, 0.05) is 30.9 Å². The summed E-state index contributed by atoms with van der Waals surface area (Å²) in [6.45, 7) is 5.94. The summed E-state index contributed by atoms with van der Waals surface area (Å²) in [5.41, 5.74) is 9.10. The first-order chi connectivity index (χ1) is 12.1. The van der Waals surface area contributed by atoms with E-state index in [2.05, 4.69) is 22.3 Å². The number of rotatable bonds is 5. The largest absolute Gasteiger partial charge is 0.399 e. The SMILES string of the molecule is Cc1ccc(N)cc1C(=O)NC(CN1CCOCC1)c1ccccc1.Cl.Cl. The molecule has 1 aliphatic rings. The Morgan fingerprint density at radius 1 is 1.15 bits per heavy atom. The Morgan fingerprint density at radius 2 is 1.81 bits per heavy atom. The van der Waals surface area contributed by atoms with Crippen molar-refractivity contribution in [3.05, 3.63) is 65.2 Å². The van der Waals surface area contributed by atoms with E-state index in [9.17, 15) is 4.79 Å². The molecule has 2 aromatic rings. The number of nitrogens with zero attached hydrogens (tertiary/aromatic N) is 1. The molecule has 1 amide bonds. The van der Waals surface area contributed by atoms with Gasteiger partial charge in [-0.05, 0) is 30.2 Å². The predicted octanol–water partition coefficient (Wildman–Crippen LogP) is 3.22. The Balaban J connectivity index is 0.00000182. The molecule has 0 spiro atoms. The number of morpholine rings is 1. The minimum atomic E-state index is -0.0908. The molecule has 7 heteroatoms. The van der Waals surface area contributed by atoms with E-state index in [1.165, 1.54) is 0 Å². The summed E-state index contributed by atoms with van der Waals surface area (Å²) in [7, 11) is 0. The van der Waals surface area contributed by atoms with Crippen LogP contribution in [0.4, 0.5) is 5.69 Å². The highest BCUT2D eigenvalue weighted by atomic mass is 35.5. The van der Waals surface area contributed by atoms with Crippen LogP contribution in [0.2, 0.25) is 0 Å². The molecule has 5 nitrogen and oxygen atoms in total. The molecule has 1 fully saturated rings. The van der Waals surface area contributed by atoms with Gasteiger partial charge in [-0.25, -0.2) is 0 Å². The molecule has 0 aromatic heterocycles. The van der Waals surface area contributed by atoms with Crippen LogP contribution in [0, 0.1) is 6.92 Å². The average Bonchev–Trinajstić information content (AvgIpc) is 2.64. The molecule has 0 aliphatic carbocycles. The number of hydrogen-bond acceptors (Lipinski definition) is 4. The van der Waals surface area contributed by atoms with E-state index in [0.29, 0.717) is 11.3 Å². The summed E-state index contributed by atoms with van der Waals surface area (Å²) in [4.78, 5) is 15.2. The van der Waals surface area contributed by atoms with E-state index in [1.807, 2.05) is 37.3 Å². The maximum Gasteiger partial charge on any atom is 0.252 e. The first-order valence-corrected chi connectivity index (χ1v) is 8.65. The summed E-state index contributed by atoms with van der Waals surface area (Å²) in [6, 6.07) is 15.4. The van der Waals surface area contributed by atoms with Crippen molar-refractivity contribution in [2.45, 2.75) is 13.0 Å². The highest BCUT2D eigenvalue weighted by Crippen LogP contribution is 2.18. The zero-order valence-electron chi connectivity index (χ0n) is 15.4. The molecule has 27 heavy (non-hydrogen) atoms. The van der Waals surface area contributed by atoms with Gasteiger partial charge in [-0.1, -0.05) is 36.4 Å². The molecule has 0 saturated carbocycles. The second-order valence-corrected chi connectivity index (χ2v) is 6.42.